The molecule has 0 radical (unpaired) electrons. The number of hydrogen-bond acceptors (Lipinski definition) is 3. The Kier molecular flexibility index (Phi) is 5.36. The standard InChI is InChI=1S/C15H23N3O/c16-15(19)12-17-14-7-10-18(11-8-14)9-6-13-4-2-1-3-5-13/h1-5,14,17H,6-12H2,(H2,16,19). The second-order valence-electron chi connectivity index (χ2n) is 5.20. The molecule has 1 heterocycles. The summed E-state index contributed by atoms with van der Waals surface area (Å²) >= 11 is 0. The molecule has 4 nitrogen and oxygen atoms in total. The van der Waals surface area contributed by atoms with Crippen LogP contribution in [0, 0.1) is 0 Å². The smallest absolute Gasteiger partial charge is 0.231 e. The Morgan fingerprint density at radius 1 is 1.26 bits per heavy atom. The number of nitrogens with two attached hydrogens (primary N) is 1. The molecule has 1 aliphatic rings. The van der Waals surface area contributed by atoms with E-state index in [4.69, 9.17) is 5.73 Å². The monoisotopic (exact) mass is 261 g/mol. The molecule has 104 valence electrons. The summed E-state index contributed by atoms with van der Waals surface area (Å²) in [5.74, 6) is -0.272. The fraction of sp³-hybridized carbons (Fsp3) is 0.533. The Hall–Kier alpha value is -1.39. The Morgan fingerprint density at radius 3 is 2.58 bits per heavy atom. The van der Waals surface area contributed by atoms with Gasteiger partial charge in [-0.05, 0) is 37.9 Å². The molecule has 2 rings (SSSR count). The highest BCUT2D eigenvalue weighted by Gasteiger charge is 2.18. The Balaban J connectivity index is 1.65. The van der Waals surface area contributed by atoms with E-state index in [9.17, 15) is 4.79 Å². The van der Waals surface area contributed by atoms with Crippen molar-refractivity contribution in [3.63, 3.8) is 0 Å². The number of primary amides is 1. The molecule has 0 spiro atoms. The maximum Gasteiger partial charge on any atom is 0.231 e. The summed E-state index contributed by atoms with van der Waals surface area (Å²) < 4.78 is 0. The zero-order chi connectivity index (χ0) is 13.5. The van der Waals surface area contributed by atoms with Crippen molar-refractivity contribution >= 4 is 5.91 Å². The fourth-order valence-corrected chi connectivity index (χ4v) is 2.54. The summed E-state index contributed by atoms with van der Waals surface area (Å²) in [5.41, 5.74) is 6.54. The first-order chi connectivity index (χ1) is 9.24. The van der Waals surface area contributed by atoms with Crippen LogP contribution in [0.2, 0.25) is 0 Å². The molecular formula is C15H23N3O. The van der Waals surface area contributed by atoms with Gasteiger partial charge in [0, 0.05) is 12.6 Å². The van der Waals surface area contributed by atoms with Crippen LogP contribution in [0.1, 0.15) is 18.4 Å². The number of carbonyl (C=O) groups excluding carboxylic acids is 1. The van der Waals surface area contributed by atoms with E-state index in [0.29, 0.717) is 12.6 Å². The van der Waals surface area contributed by atoms with Crippen LogP contribution in [-0.4, -0.2) is 43.0 Å². The van der Waals surface area contributed by atoms with Gasteiger partial charge in [0.1, 0.15) is 0 Å². The van der Waals surface area contributed by atoms with Crippen molar-refractivity contribution in [1.82, 2.24) is 10.2 Å². The number of benzene rings is 1. The predicted molar refractivity (Wildman–Crippen MR) is 76.8 cm³/mol. The number of piperidine rings is 1. The van der Waals surface area contributed by atoms with Crippen molar-refractivity contribution in [2.45, 2.75) is 25.3 Å². The minimum absolute atomic E-state index is 0.272. The number of amides is 1. The maximum atomic E-state index is 10.7. The minimum Gasteiger partial charge on any atom is -0.369 e. The Labute approximate surface area is 115 Å². The van der Waals surface area contributed by atoms with E-state index in [2.05, 4.69) is 40.5 Å². The van der Waals surface area contributed by atoms with Gasteiger partial charge in [0.25, 0.3) is 0 Å². The third-order valence-corrected chi connectivity index (χ3v) is 3.71. The molecule has 0 aromatic heterocycles. The quantitative estimate of drug-likeness (QED) is 0.795. The molecule has 1 aromatic rings. The van der Waals surface area contributed by atoms with Gasteiger partial charge in [0.2, 0.25) is 5.91 Å². The highest BCUT2D eigenvalue weighted by Crippen LogP contribution is 2.11. The molecule has 3 N–H and O–H groups in total. The predicted octanol–water partition coefficient (Wildman–Crippen LogP) is 0.768. The van der Waals surface area contributed by atoms with Gasteiger partial charge in [-0.3, -0.25) is 4.79 Å². The lowest BCUT2D eigenvalue weighted by molar-refractivity contribution is -0.117. The summed E-state index contributed by atoms with van der Waals surface area (Å²) in [5, 5.41) is 3.21. The molecule has 4 heteroatoms. The molecule has 0 saturated carbocycles. The average Bonchev–Trinajstić information content (AvgIpc) is 2.45. The summed E-state index contributed by atoms with van der Waals surface area (Å²) in [6.07, 6.45) is 3.31. The molecule has 0 aliphatic carbocycles. The Bertz CT molecular complexity index is 386. The molecule has 1 fully saturated rings. The number of nitrogens with zero attached hydrogens (tertiary/aromatic N) is 1. The number of hydrogen-bond donors (Lipinski definition) is 2. The SMILES string of the molecule is NC(=O)CNC1CCN(CCc2ccccc2)CC1. The van der Waals surface area contributed by atoms with Crippen molar-refractivity contribution in [3.8, 4) is 0 Å². The highest BCUT2D eigenvalue weighted by atomic mass is 16.1. The molecule has 19 heavy (non-hydrogen) atoms. The van der Waals surface area contributed by atoms with Gasteiger partial charge in [0.05, 0.1) is 6.54 Å². The largest absolute Gasteiger partial charge is 0.369 e. The van der Waals surface area contributed by atoms with Gasteiger partial charge in [-0.1, -0.05) is 30.3 Å². The van der Waals surface area contributed by atoms with E-state index in [1.165, 1.54) is 5.56 Å². The molecule has 1 saturated heterocycles. The first kappa shape index (κ1) is 14.0. The van der Waals surface area contributed by atoms with Crippen LogP contribution >= 0.6 is 0 Å². The molecule has 1 aromatic carbocycles. The molecule has 0 atom stereocenters. The van der Waals surface area contributed by atoms with Gasteiger partial charge >= 0.3 is 0 Å². The third kappa shape index (κ3) is 5.01. The molecule has 0 bridgehead atoms. The van der Waals surface area contributed by atoms with Crippen molar-refractivity contribution in [3.05, 3.63) is 35.9 Å². The summed E-state index contributed by atoms with van der Waals surface area (Å²) in [6, 6.07) is 11.0. The number of likely N-dealkylation sites (tertiary alicyclic amines) is 1. The lowest BCUT2D eigenvalue weighted by atomic mass is 10.0. The lowest BCUT2D eigenvalue weighted by Crippen LogP contribution is -2.45. The molecule has 1 amide bonds. The normalized spacial score (nSPS) is 17.5. The van der Waals surface area contributed by atoms with Crippen molar-refractivity contribution in [2.75, 3.05) is 26.2 Å². The highest BCUT2D eigenvalue weighted by molar-refractivity contribution is 5.75. The second-order valence-corrected chi connectivity index (χ2v) is 5.20. The topological polar surface area (TPSA) is 58.4 Å². The van der Waals surface area contributed by atoms with E-state index in [1.807, 2.05) is 0 Å². The summed E-state index contributed by atoms with van der Waals surface area (Å²) in [7, 11) is 0. The number of nitrogens with one attached hydrogen (secondary N) is 1. The van der Waals surface area contributed by atoms with Gasteiger partial charge in [-0.25, -0.2) is 0 Å². The van der Waals surface area contributed by atoms with Crippen LogP contribution in [-0.2, 0) is 11.2 Å². The van der Waals surface area contributed by atoms with Crippen LogP contribution in [0.4, 0.5) is 0 Å². The van der Waals surface area contributed by atoms with Gasteiger partial charge in [-0.2, -0.15) is 0 Å². The van der Waals surface area contributed by atoms with Crippen LogP contribution in [0.15, 0.2) is 30.3 Å². The van der Waals surface area contributed by atoms with Crippen LogP contribution in [0.3, 0.4) is 0 Å². The van der Waals surface area contributed by atoms with E-state index >= 15 is 0 Å². The van der Waals surface area contributed by atoms with Crippen LogP contribution < -0.4 is 11.1 Å². The second kappa shape index (κ2) is 7.26. The van der Waals surface area contributed by atoms with Crippen molar-refractivity contribution in [2.24, 2.45) is 5.73 Å². The number of carbonyl (C=O) groups is 1. The van der Waals surface area contributed by atoms with Crippen molar-refractivity contribution < 1.29 is 4.79 Å². The Morgan fingerprint density at radius 2 is 1.95 bits per heavy atom. The van der Waals surface area contributed by atoms with Gasteiger partial charge < -0.3 is 16.0 Å². The van der Waals surface area contributed by atoms with E-state index < -0.39 is 0 Å². The lowest BCUT2D eigenvalue weighted by Gasteiger charge is -2.32. The number of rotatable bonds is 6. The van der Waals surface area contributed by atoms with E-state index in [1.54, 1.807) is 0 Å². The molecule has 0 unspecified atom stereocenters. The zero-order valence-corrected chi connectivity index (χ0v) is 11.3. The maximum absolute atomic E-state index is 10.7. The van der Waals surface area contributed by atoms with Crippen LogP contribution in [0.5, 0.6) is 0 Å². The first-order valence-corrected chi connectivity index (χ1v) is 7.02. The third-order valence-electron chi connectivity index (χ3n) is 3.71. The summed E-state index contributed by atoms with van der Waals surface area (Å²) in [6.45, 7) is 3.62. The molecular weight excluding hydrogens is 238 g/mol. The fourth-order valence-electron chi connectivity index (χ4n) is 2.54. The average molecular weight is 261 g/mol. The minimum atomic E-state index is -0.272. The first-order valence-electron chi connectivity index (χ1n) is 7.02. The van der Waals surface area contributed by atoms with Gasteiger partial charge in [-0.15, -0.1) is 0 Å². The zero-order valence-electron chi connectivity index (χ0n) is 11.3. The van der Waals surface area contributed by atoms with E-state index in [0.717, 1.165) is 38.9 Å². The van der Waals surface area contributed by atoms with Crippen molar-refractivity contribution in [1.29, 1.82) is 0 Å². The van der Waals surface area contributed by atoms with Gasteiger partial charge in [0.15, 0.2) is 0 Å². The molecule has 1 aliphatic heterocycles. The van der Waals surface area contributed by atoms with Crippen LogP contribution in [0.25, 0.3) is 0 Å². The van der Waals surface area contributed by atoms with E-state index in [-0.39, 0.29) is 5.91 Å². The summed E-state index contributed by atoms with van der Waals surface area (Å²) in [4.78, 5) is 13.2.